The minimum Gasteiger partial charge on any atom is -0.368 e. The molecule has 1 N–H and O–H groups in total. The molecule has 1 heterocycles. The maximum atomic E-state index is 11.1. The number of hydrogen-bond donors (Lipinski definition) is 1. The number of fused-ring (bicyclic) bond motifs is 3. The molecule has 30 heavy (non-hydrogen) atoms. The zero-order valence-corrected chi connectivity index (χ0v) is 19.7. The summed E-state index contributed by atoms with van der Waals surface area (Å²) in [6.45, 7) is 9.49. The standard InChI is InChI=1S/C26H45NO3/c1-5-20-16(4)12-22-21-11-8-18(15(2)3)14-24(21)26(28)30-25(22)23(20)13-17-6-9-19(27-29)10-7-17/h15-26,28H,5-14H2,1-4H3/t16-,17?,18?,19?,20?,21?,22?,23?,24?,25?,26?/m0/s1. The summed E-state index contributed by atoms with van der Waals surface area (Å²) in [6, 6.07) is 0.0471. The Morgan fingerprint density at radius 2 is 1.70 bits per heavy atom. The van der Waals surface area contributed by atoms with Crippen LogP contribution in [0.3, 0.4) is 0 Å². The highest BCUT2D eigenvalue weighted by atomic mass is 16.6. The monoisotopic (exact) mass is 419 g/mol. The maximum Gasteiger partial charge on any atom is 0.158 e. The van der Waals surface area contributed by atoms with Gasteiger partial charge in [-0.1, -0.05) is 39.3 Å². The van der Waals surface area contributed by atoms with Gasteiger partial charge in [0.1, 0.15) is 0 Å². The highest BCUT2D eigenvalue weighted by Gasteiger charge is 2.54. The van der Waals surface area contributed by atoms with E-state index in [1.54, 1.807) is 0 Å². The van der Waals surface area contributed by atoms with Crippen LogP contribution in [0, 0.1) is 58.2 Å². The van der Waals surface area contributed by atoms with E-state index in [0.29, 0.717) is 41.4 Å². The van der Waals surface area contributed by atoms with Crippen LogP contribution in [-0.4, -0.2) is 23.5 Å². The molecule has 1 saturated heterocycles. The minimum atomic E-state index is -0.568. The predicted molar refractivity (Wildman–Crippen MR) is 121 cm³/mol. The van der Waals surface area contributed by atoms with Gasteiger partial charge < -0.3 is 9.84 Å². The smallest absolute Gasteiger partial charge is 0.158 e. The van der Waals surface area contributed by atoms with Crippen molar-refractivity contribution in [3.05, 3.63) is 4.91 Å². The van der Waals surface area contributed by atoms with Crippen LogP contribution < -0.4 is 0 Å². The first kappa shape index (κ1) is 22.7. The quantitative estimate of drug-likeness (QED) is 0.524. The molecule has 3 saturated carbocycles. The van der Waals surface area contributed by atoms with E-state index in [4.69, 9.17) is 4.74 Å². The average Bonchev–Trinajstić information content (AvgIpc) is 2.75. The van der Waals surface area contributed by atoms with Gasteiger partial charge in [-0.25, -0.2) is 0 Å². The van der Waals surface area contributed by atoms with Crippen LogP contribution in [0.1, 0.15) is 91.9 Å². The minimum absolute atomic E-state index is 0.0471. The number of rotatable bonds is 5. The third kappa shape index (κ3) is 4.37. The summed E-state index contributed by atoms with van der Waals surface area (Å²) in [5.74, 6) is 5.76. The van der Waals surface area contributed by atoms with Crippen molar-refractivity contribution in [1.82, 2.24) is 0 Å². The zero-order valence-electron chi connectivity index (χ0n) is 19.7. The summed E-state index contributed by atoms with van der Waals surface area (Å²) in [6.07, 6.45) is 11.3. The molecule has 0 radical (unpaired) electrons. The van der Waals surface area contributed by atoms with Crippen LogP contribution in [0.15, 0.2) is 5.18 Å². The Morgan fingerprint density at radius 3 is 2.33 bits per heavy atom. The van der Waals surface area contributed by atoms with Gasteiger partial charge in [0.05, 0.1) is 12.1 Å². The van der Waals surface area contributed by atoms with Crippen LogP contribution in [0.25, 0.3) is 0 Å². The number of aliphatic hydroxyl groups excluding tert-OH is 1. The fourth-order valence-corrected chi connectivity index (χ4v) is 8.22. The topological polar surface area (TPSA) is 58.9 Å². The molecule has 4 heteroatoms. The Bertz CT molecular complexity index is 573. The summed E-state index contributed by atoms with van der Waals surface area (Å²) in [5.41, 5.74) is 0. The van der Waals surface area contributed by atoms with Crippen LogP contribution >= 0.6 is 0 Å². The molecular weight excluding hydrogens is 374 g/mol. The second-order valence-electron chi connectivity index (χ2n) is 11.8. The van der Waals surface area contributed by atoms with E-state index in [-0.39, 0.29) is 12.1 Å². The van der Waals surface area contributed by atoms with Gasteiger partial charge in [-0.3, -0.25) is 0 Å². The molecule has 172 valence electrons. The summed E-state index contributed by atoms with van der Waals surface area (Å²) in [4.78, 5) is 10.9. The molecule has 0 aromatic carbocycles. The van der Waals surface area contributed by atoms with Crippen LogP contribution in [0.5, 0.6) is 0 Å². The van der Waals surface area contributed by atoms with E-state index in [1.807, 2.05) is 0 Å². The summed E-state index contributed by atoms with van der Waals surface area (Å²) >= 11 is 0. The molecule has 0 spiro atoms. The lowest BCUT2D eigenvalue weighted by molar-refractivity contribution is -0.276. The van der Waals surface area contributed by atoms with Crippen molar-refractivity contribution in [3.63, 3.8) is 0 Å². The lowest BCUT2D eigenvalue weighted by Crippen LogP contribution is -2.57. The van der Waals surface area contributed by atoms with Gasteiger partial charge in [-0.15, -0.1) is 0 Å². The molecule has 0 bridgehead atoms. The van der Waals surface area contributed by atoms with Gasteiger partial charge >= 0.3 is 0 Å². The molecule has 0 aromatic heterocycles. The van der Waals surface area contributed by atoms with E-state index in [0.717, 1.165) is 43.9 Å². The van der Waals surface area contributed by atoms with Crippen molar-refractivity contribution >= 4 is 0 Å². The second kappa shape index (κ2) is 9.57. The molecule has 4 fully saturated rings. The molecule has 0 amide bonds. The Balaban J connectivity index is 1.50. The normalized spacial score (nSPS) is 49.3. The van der Waals surface area contributed by atoms with Crippen LogP contribution in [-0.2, 0) is 4.74 Å². The fourth-order valence-electron chi connectivity index (χ4n) is 8.22. The first-order valence-corrected chi connectivity index (χ1v) is 13.1. The van der Waals surface area contributed by atoms with E-state index >= 15 is 0 Å². The third-order valence-electron chi connectivity index (χ3n) is 9.96. The van der Waals surface area contributed by atoms with E-state index in [1.165, 1.54) is 32.1 Å². The molecule has 8 unspecified atom stereocenters. The number of nitroso groups, excluding NO2 is 1. The zero-order chi connectivity index (χ0) is 21.4. The Labute approximate surface area is 183 Å². The number of ether oxygens (including phenoxy) is 1. The molecule has 0 aromatic rings. The molecule has 1 aliphatic heterocycles. The highest BCUT2D eigenvalue weighted by Crippen LogP contribution is 2.56. The van der Waals surface area contributed by atoms with Gasteiger partial charge in [-0.05, 0) is 105 Å². The van der Waals surface area contributed by atoms with Crippen molar-refractivity contribution in [2.24, 2.45) is 58.4 Å². The Kier molecular flexibility index (Phi) is 7.24. The number of hydrogen-bond acceptors (Lipinski definition) is 4. The third-order valence-corrected chi connectivity index (χ3v) is 9.96. The van der Waals surface area contributed by atoms with Crippen molar-refractivity contribution in [3.8, 4) is 0 Å². The van der Waals surface area contributed by atoms with Gasteiger partial charge in [0, 0.05) is 5.92 Å². The SMILES string of the molecule is CCC1C(CC2CCC(N=O)CC2)C2OC(O)C3CC(C(C)C)CCC3C2C[C@@H]1C. The predicted octanol–water partition coefficient (Wildman–Crippen LogP) is 6.41. The van der Waals surface area contributed by atoms with Crippen molar-refractivity contribution in [2.45, 2.75) is 110 Å². The molecule has 4 nitrogen and oxygen atoms in total. The summed E-state index contributed by atoms with van der Waals surface area (Å²) in [7, 11) is 0. The number of aliphatic hydroxyl groups is 1. The molecule has 4 rings (SSSR count). The summed E-state index contributed by atoms with van der Waals surface area (Å²) in [5, 5.41) is 14.4. The first-order valence-electron chi connectivity index (χ1n) is 13.1. The Hall–Kier alpha value is -0.480. The maximum absolute atomic E-state index is 11.1. The molecule has 3 aliphatic carbocycles. The van der Waals surface area contributed by atoms with Gasteiger partial charge in [0.2, 0.25) is 0 Å². The van der Waals surface area contributed by atoms with Crippen molar-refractivity contribution < 1.29 is 9.84 Å². The largest absolute Gasteiger partial charge is 0.368 e. The fraction of sp³-hybridized carbons (Fsp3) is 1.00. The van der Waals surface area contributed by atoms with E-state index in [2.05, 4.69) is 32.9 Å². The van der Waals surface area contributed by atoms with Crippen molar-refractivity contribution in [2.75, 3.05) is 0 Å². The average molecular weight is 420 g/mol. The highest BCUT2D eigenvalue weighted by molar-refractivity contribution is 5.01. The summed E-state index contributed by atoms with van der Waals surface area (Å²) < 4.78 is 6.55. The molecule has 4 aliphatic rings. The Morgan fingerprint density at radius 1 is 0.967 bits per heavy atom. The second-order valence-corrected chi connectivity index (χ2v) is 11.8. The number of nitrogens with zero attached hydrogens (tertiary/aromatic N) is 1. The van der Waals surface area contributed by atoms with Crippen LogP contribution in [0.2, 0.25) is 0 Å². The lowest BCUT2D eigenvalue weighted by Gasteiger charge is -2.57. The van der Waals surface area contributed by atoms with Gasteiger partial charge in [0.15, 0.2) is 6.29 Å². The molecule has 9 atom stereocenters. The van der Waals surface area contributed by atoms with Gasteiger partial charge in [-0.2, -0.15) is 4.91 Å². The lowest BCUT2D eigenvalue weighted by atomic mass is 9.55. The molecular formula is C26H45NO3. The van der Waals surface area contributed by atoms with Gasteiger partial charge in [0.25, 0.3) is 0 Å². The van der Waals surface area contributed by atoms with Crippen molar-refractivity contribution in [1.29, 1.82) is 0 Å². The van der Waals surface area contributed by atoms with Crippen LogP contribution in [0.4, 0.5) is 0 Å². The van der Waals surface area contributed by atoms with E-state index in [9.17, 15) is 10.0 Å². The van der Waals surface area contributed by atoms with E-state index < -0.39 is 6.29 Å². The first-order chi connectivity index (χ1) is 14.4.